The number of aryl methyl sites for hydroxylation is 1. The van der Waals surface area contributed by atoms with Gasteiger partial charge in [0, 0.05) is 24.1 Å². The third-order valence-corrected chi connectivity index (χ3v) is 3.70. The number of morpholine rings is 1. The van der Waals surface area contributed by atoms with Crippen molar-refractivity contribution in [2.75, 3.05) is 26.2 Å². The molecule has 1 heterocycles. The van der Waals surface area contributed by atoms with Gasteiger partial charge in [-0.1, -0.05) is 6.07 Å². The van der Waals surface area contributed by atoms with Crippen molar-refractivity contribution in [3.63, 3.8) is 0 Å². The summed E-state index contributed by atoms with van der Waals surface area (Å²) in [5.41, 5.74) is 7.40. The third kappa shape index (κ3) is 2.91. The van der Waals surface area contributed by atoms with Crippen LogP contribution in [-0.4, -0.2) is 43.2 Å². The molecule has 1 aromatic rings. The Morgan fingerprint density at radius 1 is 1.61 bits per heavy atom. The lowest BCUT2D eigenvalue weighted by atomic mass is 10.1. The van der Waals surface area contributed by atoms with Gasteiger partial charge in [0.25, 0.3) is 5.91 Å². The van der Waals surface area contributed by atoms with Crippen LogP contribution >= 0.6 is 15.9 Å². The number of rotatable bonds is 2. The van der Waals surface area contributed by atoms with Gasteiger partial charge in [-0.05, 0) is 40.5 Å². The highest BCUT2D eigenvalue weighted by Gasteiger charge is 2.25. The van der Waals surface area contributed by atoms with E-state index in [2.05, 4.69) is 15.9 Å². The molecule has 1 unspecified atom stereocenters. The molecule has 1 fully saturated rings. The number of carbonyl (C=O) groups excluding carboxylic acids is 1. The van der Waals surface area contributed by atoms with Crippen molar-refractivity contribution in [1.29, 1.82) is 0 Å². The molecule has 0 saturated carbocycles. The van der Waals surface area contributed by atoms with Crippen molar-refractivity contribution in [2.24, 2.45) is 5.73 Å². The Balaban J connectivity index is 2.15. The first-order valence-electron chi connectivity index (χ1n) is 5.99. The molecular weight excluding hydrogens is 296 g/mol. The van der Waals surface area contributed by atoms with Gasteiger partial charge in [0.15, 0.2) is 0 Å². The Morgan fingerprint density at radius 2 is 2.39 bits per heavy atom. The van der Waals surface area contributed by atoms with Crippen LogP contribution in [0.2, 0.25) is 0 Å². The third-order valence-electron chi connectivity index (χ3n) is 3.04. The Morgan fingerprint density at radius 3 is 3.06 bits per heavy atom. The van der Waals surface area contributed by atoms with E-state index in [1.165, 1.54) is 0 Å². The zero-order valence-corrected chi connectivity index (χ0v) is 11.9. The molecule has 2 N–H and O–H groups in total. The fourth-order valence-corrected chi connectivity index (χ4v) is 2.67. The lowest BCUT2D eigenvalue weighted by molar-refractivity contribution is -0.0167. The predicted molar refractivity (Wildman–Crippen MR) is 73.6 cm³/mol. The lowest BCUT2D eigenvalue weighted by Gasteiger charge is -2.32. The average Bonchev–Trinajstić information content (AvgIpc) is 2.38. The van der Waals surface area contributed by atoms with Gasteiger partial charge in [-0.25, -0.2) is 0 Å². The normalized spacial score (nSPS) is 19.9. The number of ether oxygens (including phenoxy) is 1. The van der Waals surface area contributed by atoms with Crippen LogP contribution in [0, 0.1) is 6.92 Å². The van der Waals surface area contributed by atoms with Gasteiger partial charge in [-0.3, -0.25) is 4.79 Å². The molecule has 2 rings (SSSR count). The smallest absolute Gasteiger partial charge is 0.255 e. The summed E-state index contributed by atoms with van der Waals surface area (Å²) in [5.74, 6) is 0.0311. The monoisotopic (exact) mass is 312 g/mol. The van der Waals surface area contributed by atoms with Crippen LogP contribution in [0.5, 0.6) is 0 Å². The first-order chi connectivity index (χ1) is 8.61. The van der Waals surface area contributed by atoms with Crippen molar-refractivity contribution in [3.8, 4) is 0 Å². The summed E-state index contributed by atoms with van der Waals surface area (Å²) < 4.78 is 6.30. The minimum Gasteiger partial charge on any atom is -0.373 e. The number of amides is 1. The first-order valence-corrected chi connectivity index (χ1v) is 6.78. The molecule has 1 amide bonds. The van der Waals surface area contributed by atoms with E-state index in [1.807, 2.05) is 25.1 Å². The fraction of sp³-hybridized carbons (Fsp3) is 0.462. The highest BCUT2D eigenvalue weighted by Crippen LogP contribution is 2.21. The predicted octanol–water partition coefficient (Wildman–Crippen LogP) is 1.56. The highest BCUT2D eigenvalue weighted by molar-refractivity contribution is 9.10. The van der Waals surface area contributed by atoms with E-state index in [0.29, 0.717) is 31.8 Å². The van der Waals surface area contributed by atoms with Crippen LogP contribution in [-0.2, 0) is 4.74 Å². The standard InChI is InChI=1S/C13H17BrN2O2/c1-9-2-3-11(12(14)6-9)13(17)16-4-5-18-10(7-15)8-16/h2-3,6,10H,4-5,7-8,15H2,1H3. The van der Waals surface area contributed by atoms with E-state index in [0.717, 1.165) is 10.0 Å². The minimum absolute atomic E-state index is 0.0311. The average molecular weight is 313 g/mol. The zero-order valence-electron chi connectivity index (χ0n) is 10.4. The quantitative estimate of drug-likeness (QED) is 0.901. The largest absolute Gasteiger partial charge is 0.373 e. The Kier molecular flexibility index (Phi) is 4.37. The van der Waals surface area contributed by atoms with E-state index in [9.17, 15) is 4.79 Å². The van der Waals surface area contributed by atoms with Crippen molar-refractivity contribution in [3.05, 3.63) is 33.8 Å². The second kappa shape index (κ2) is 5.82. The zero-order chi connectivity index (χ0) is 13.1. The van der Waals surface area contributed by atoms with Crippen LogP contribution in [0.15, 0.2) is 22.7 Å². The molecule has 1 aliphatic heterocycles. The fourth-order valence-electron chi connectivity index (χ4n) is 2.01. The van der Waals surface area contributed by atoms with Crippen molar-refractivity contribution in [2.45, 2.75) is 13.0 Å². The molecule has 98 valence electrons. The molecular formula is C13H17BrN2O2. The summed E-state index contributed by atoms with van der Waals surface area (Å²) in [4.78, 5) is 14.2. The van der Waals surface area contributed by atoms with Crippen LogP contribution < -0.4 is 5.73 Å². The van der Waals surface area contributed by atoms with Gasteiger partial charge in [0.1, 0.15) is 0 Å². The SMILES string of the molecule is Cc1ccc(C(=O)N2CCOC(CN)C2)c(Br)c1. The summed E-state index contributed by atoms with van der Waals surface area (Å²) >= 11 is 3.44. The van der Waals surface area contributed by atoms with Gasteiger partial charge in [-0.15, -0.1) is 0 Å². The van der Waals surface area contributed by atoms with Crippen LogP contribution in [0.4, 0.5) is 0 Å². The van der Waals surface area contributed by atoms with Crippen molar-refractivity contribution >= 4 is 21.8 Å². The summed E-state index contributed by atoms with van der Waals surface area (Å²) in [6.45, 7) is 4.18. The summed E-state index contributed by atoms with van der Waals surface area (Å²) in [5, 5.41) is 0. The number of halogens is 1. The van der Waals surface area contributed by atoms with Crippen molar-refractivity contribution in [1.82, 2.24) is 4.90 Å². The molecule has 0 aliphatic carbocycles. The molecule has 0 spiro atoms. The van der Waals surface area contributed by atoms with Gasteiger partial charge in [0.05, 0.1) is 18.3 Å². The van der Waals surface area contributed by atoms with Crippen LogP contribution in [0.25, 0.3) is 0 Å². The number of benzene rings is 1. The molecule has 0 radical (unpaired) electrons. The second-order valence-electron chi connectivity index (χ2n) is 4.46. The number of hydrogen-bond donors (Lipinski definition) is 1. The maximum absolute atomic E-state index is 12.4. The Bertz CT molecular complexity index is 451. The minimum atomic E-state index is -0.0491. The maximum atomic E-state index is 12.4. The van der Waals surface area contributed by atoms with Gasteiger partial charge in [0.2, 0.25) is 0 Å². The summed E-state index contributed by atoms with van der Waals surface area (Å²) in [6, 6.07) is 5.75. The Hall–Kier alpha value is -0.910. The number of nitrogens with zero attached hydrogens (tertiary/aromatic N) is 1. The molecule has 0 aromatic heterocycles. The molecule has 1 aromatic carbocycles. The van der Waals surface area contributed by atoms with Gasteiger partial charge in [-0.2, -0.15) is 0 Å². The Labute approximate surface area is 115 Å². The van der Waals surface area contributed by atoms with E-state index < -0.39 is 0 Å². The van der Waals surface area contributed by atoms with Gasteiger partial charge < -0.3 is 15.4 Å². The molecule has 0 bridgehead atoms. The van der Waals surface area contributed by atoms with Crippen LogP contribution in [0.3, 0.4) is 0 Å². The number of carbonyl (C=O) groups is 1. The van der Waals surface area contributed by atoms with E-state index in [1.54, 1.807) is 4.90 Å². The molecule has 1 aliphatic rings. The first kappa shape index (κ1) is 13.5. The highest BCUT2D eigenvalue weighted by atomic mass is 79.9. The van der Waals surface area contributed by atoms with Gasteiger partial charge >= 0.3 is 0 Å². The topological polar surface area (TPSA) is 55.6 Å². The van der Waals surface area contributed by atoms with E-state index >= 15 is 0 Å². The van der Waals surface area contributed by atoms with E-state index in [-0.39, 0.29) is 12.0 Å². The van der Waals surface area contributed by atoms with Crippen LogP contribution in [0.1, 0.15) is 15.9 Å². The van der Waals surface area contributed by atoms with Crippen molar-refractivity contribution < 1.29 is 9.53 Å². The number of hydrogen-bond acceptors (Lipinski definition) is 3. The molecule has 18 heavy (non-hydrogen) atoms. The summed E-state index contributed by atoms with van der Waals surface area (Å²) in [6.07, 6.45) is -0.0491. The second-order valence-corrected chi connectivity index (χ2v) is 5.32. The van der Waals surface area contributed by atoms with E-state index in [4.69, 9.17) is 10.5 Å². The molecule has 1 saturated heterocycles. The molecule has 1 atom stereocenters. The lowest BCUT2D eigenvalue weighted by Crippen LogP contribution is -2.48. The maximum Gasteiger partial charge on any atom is 0.255 e. The summed E-state index contributed by atoms with van der Waals surface area (Å²) in [7, 11) is 0. The number of nitrogens with two attached hydrogens (primary N) is 1. The molecule has 4 nitrogen and oxygen atoms in total. The molecule has 5 heteroatoms.